The van der Waals surface area contributed by atoms with Crippen molar-refractivity contribution in [2.24, 2.45) is 0 Å². The Morgan fingerprint density at radius 3 is 2.82 bits per heavy atom. The molecular weight excluding hydrogens is 303 g/mol. The topological polar surface area (TPSA) is 49.4 Å². The van der Waals surface area contributed by atoms with Crippen LogP contribution in [0, 0.1) is 12.7 Å². The molecule has 1 saturated heterocycles. The van der Waals surface area contributed by atoms with Gasteiger partial charge in [-0.05, 0) is 57.9 Å². The largest absolute Gasteiger partial charge is 0.297 e. The Bertz CT molecular complexity index is 619. The minimum absolute atomic E-state index is 0.0953. The van der Waals surface area contributed by atoms with E-state index in [1.54, 1.807) is 13.0 Å². The first-order valence-electron chi connectivity index (χ1n) is 7.83. The van der Waals surface area contributed by atoms with Gasteiger partial charge in [-0.3, -0.25) is 4.90 Å². The number of hydrogen-bond donors (Lipinski definition) is 1. The van der Waals surface area contributed by atoms with Gasteiger partial charge in [-0.15, -0.1) is 0 Å². The van der Waals surface area contributed by atoms with Crippen LogP contribution in [0.25, 0.3) is 0 Å². The lowest BCUT2D eigenvalue weighted by atomic mass is 10.0. The van der Waals surface area contributed by atoms with Crippen LogP contribution in [-0.4, -0.2) is 38.5 Å². The predicted molar refractivity (Wildman–Crippen MR) is 85.8 cm³/mol. The number of piperidine rings is 1. The summed E-state index contributed by atoms with van der Waals surface area (Å²) >= 11 is 0. The van der Waals surface area contributed by atoms with E-state index in [9.17, 15) is 12.8 Å². The lowest BCUT2D eigenvalue weighted by Crippen LogP contribution is -2.48. The molecule has 1 aliphatic heterocycles. The summed E-state index contributed by atoms with van der Waals surface area (Å²) in [6.45, 7) is 7.21. The highest BCUT2D eigenvalue weighted by Crippen LogP contribution is 2.20. The normalized spacial score (nSPS) is 21.7. The Labute approximate surface area is 132 Å². The fraction of sp³-hybridized carbons (Fsp3) is 0.625. The van der Waals surface area contributed by atoms with E-state index in [-0.39, 0.29) is 10.9 Å². The van der Waals surface area contributed by atoms with Crippen molar-refractivity contribution in [2.45, 2.75) is 57.0 Å². The van der Waals surface area contributed by atoms with Crippen LogP contribution in [0.15, 0.2) is 23.1 Å². The minimum Gasteiger partial charge on any atom is -0.297 e. The minimum atomic E-state index is -3.82. The van der Waals surface area contributed by atoms with Crippen molar-refractivity contribution in [3.8, 4) is 0 Å². The highest BCUT2D eigenvalue weighted by molar-refractivity contribution is 7.89. The number of nitrogens with one attached hydrogen (secondary N) is 1. The van der Waals surface area contributed by atoms with Gasteiger partial charge in [0, 0.05) is 18.6 Å². The van der Waals surface area contributed by atoms with Gasteiger partial charge in [0.25, 0.3) is 0 Å². The Balaban J connectivity index is 2.04. The fourth-order valence-corrected chi connectivity index (χ4v) is 4.30. The first-order chi connectivity index (χ1) is 10.3. The Morgan fingerprint density at radius 2 is 2.14 bits per heavy atom. The molecular formula is C16H25FN2O2S. The molecule has 0 amide bonds. The molecule has 0 spiro atoms. The van der Waals surface area contributed by atoms with Gasteiger partial charge < -0.3 is 0 Å². The second-order valence-corrected chi connectivity index (χ2v) is 7.95. The van der Waals surface area contributed by atoms with E-state index < -0.39 is 15.8 Å². The molecule has 2 atom stereocenters. The lowest BCUT2D eigenvalue weighted by Gasteiger charge is -2.38. The molecule has 2 rings (SSSR count). The smallest absolute Gasteiger partial charge is 0.243 e. The molecule has 1 aromatic carbocycles. The van der Waals surface area contributed by atoms with Crippen molar-refractivity contribution in [1.82, 2.24) is 9.62 Å². The SMILES string of the molecule is Cc1ccc(F)c(S(=O)(=O)NC[C@H](C)N2CCCC[C@@H]2C)c1. The van der Waals surface area contributed by atoms with Crippen molar-refractivity contribution in [3.63, 3.8) is 0 Å². The second kappa shape index (κ2) is 7.06. The van der Waals surface area contributed by atoms with Gasteiger partial charge in [0.05, 0.1) is 0 Å². The molecule has 0 unspecified atom stereocenters. The Hall–Kier alpha value is -0.980. The van der Waals surface area contributed by atoms with Crippen LogP contribution >= 0.6 is 0 Å². The molecule has 1 aromatic rings. The summed E-state index contributed by atoms with van der Waals surface area (Å²) < 4.78 is 40.9. The van der Waals surface area contributed by atoms with E-state index >= 15 is 0 Å². The first-order valence-corrected chi connectivity index (χ1v) is 9.31. The van der Waals surface area contributed by atoms with E-state index in [0.717, 1.165) is 24.9 Å². The van der Waals surface area contributed by atoms with E-state index in [4.69, 9.17) is 0 Å². The number of nitrogens with zero attached hydrogens (tertiary/aromatic N) is 1. The van der Waals surface area contributed by atoms with Crippen molar-refractivity contribution in [1.29, 1.82) is 0 Å². The van der Waals surface area contributed by atoms with Gasteiger partial charge >= 0.3 is 0 Å². The average Bonchev–Trinajstić information content (AvgIpc) is 2.48. The quantitative estimate of drug-likeness (QED) is 0.904. The van der Waals surface area contributed by atoms with Crippen molar-refractivity contribution >= 4 is 10.0 Å². The molecule has 0 saturated carbocycles. The highest BCUT2D eigenvalue weighted by Gasteiger charge is 2.25. The summed E-state index contributed by atoms with van der Waals surface area (Å²) in [5.74, 6) is -0.711. The first kappa shape index (κ1) is 17.4. The van der Waals surface area contributed by atoms with E-state index in [0.29, 0.717) is 12.6 Å². The third-order valence-electron chi connectivity index (χ3n) is 4.37. The molecule has 6 heteroatoms. The van der Waals surface area contributed by atoms with Crippen LogP contribution in [0.2, 0.25) is 0 Å². The molecule has 0 bridgehead atoms. The van der Waals surface area contributed by atoms with Gasteiger partial charge in [0.2, 0.25) is 10.0 Å². The number of likely N-dealkylation sites (tertiary alicyclic amines) is 1. The van der Waals surface area contributed by atoms with Crippen LogP contribution in [0.5, 0.6) is 0 Å². The van der Waals surface area contributed by atoms with Crippen LogP contribution in [-0.2, 0) is 10.0 Å². The number of sulfonamides is 1. The molecule has 1 fully saturated rings. The number of halogens is 1. The molecule has 1 aliphatic rings. The lowest BCUT2D eigenvalue weighted by molar-refractivity contribution is 0.116. The molecule has 1 N–H and O–H groups in total. The van der Waals surface area contributed by atoms with Gasteiger partial charge in [-0.25, -0.2) is 17.5 Å². The monoisotopic (exact) mass is 328 g/mol. The zero-order valence-corrected chi connectivity index (χ0v) is 14.3. The molecule has 0 aromatic heterocycles. The fourth-order valence-electron chi connectivity index (χ4n) is 3.02. The van der Waals surface area contributed by atoms with Gasteiger partial charge in [-0.2, -0.15) is 0 Å². The maximum Gasteiger partial charge on any atom is 0.243 e. The molecule has 4 nitrogen and oxygen atoms in total. The molecule has 0 radical (unpaired) electrons. The summed E-state index contributed by atoms with van der Waals surface area (Å²) in [4.78, 5) is 2.05. The van der Waals surface area contributed by atoms with Crippen LogP contribution in [0.4, 0.5) is 4.39 Å². The van der Waals surface area contributed by atoms with Crippen LogP contribution < -0.4 is 4.72 Å². The highest BCUT2D eigenvalue weighted by atomic mass is 32.2. The summed E-state index contributed by atoms with van der Waals surface area (Å²) in [6.07, 6.45) is 3.52. The number of hydrogen-bond acceptors (Lipinski definition) is 3. The van der Waals surface area contributed by atoms with Crippen molar-refractivity contribution < 1.29 is 12.8 Å². The average molecular weight is 328 g/mol. The maximum absolute atomic E-state index is 13.8. The summed E-state index contributed by atoms with van der Waals surface area (Å²) in [5.41, 5.74) is 0.722. The summed E-state index contributed by atoms with van der Waals surface area (Å²) in [7, 11) is -3.82. The van der Waals surface area contributed by atoms with Crippen LogP contribution in [0.3, 0.4) is 0 Å². The molecule has 22 heavy (non-hydrogen) atoms. The predicted octanol–water partition coefficient (Wildman–Crippen LogP) is 2.68. The zero-order chi connectivity index (χ0) is 16.3. The van der Waals surface area contributed by atoms with E-state index in [1.807, 2.05) is 6.92 Å². The molecule has 0 aliphatic carbocycles. The van der Waals surface area contributed by atoms with E-state index in [2.05, 4.69) is 16.5 Å². The Kier molecular flexibility index (Phi) is 5.58. The van der Waals surface area contributed by atoms with Crippen molar-refractivity contribution in [2.75, 3.05) is 13.1 Å². The third kappa shape index (κ3) is 4.06. The number of rotatable bonds is 5. The van der Waals surface area contributed by atoms with Crippen molar-refractivity contribution in [3.05, 3.63) is 29.6 Å². The van der Waals surface area contributed by atoms with Gasteiger partial charge in [0.15, 0.2) is 0 Å². The number of benzene rings is 1. The third-order valence-corrected chi connectivity index (χ3v) is 5.80. The van der Waals surface area contributed by atoms with Gasteiger partial charge in [0.1, 0.15) is 10.7 Å². The van der Waals surface area contributed by atoms with Crippen LogP contribution in [0.1, 0.15) is 38.7 Å². The molecule has 1 heterocycles. The van der Waals surface area contributed by atoms with E-state index in [1.165, 1.54) is 18.6 Å². The summed E-state index contributed by atoms with van der Waals surface area (Å²) in [6, 6.07) is 4.68. The zero-order valence-electron chi connectivity index (χ0n) is 13.5. The maximum atomic E-state index is 13.8. The van der Waals surface area contributed by atoms with Gasteiger partial charge in [-0.1, -0.05) is 12.5 Å². The summed E-state index contributed by atoms with van der Waals surface area (Å²) in [5, 5.41) is 0. The molecule has 124 valence electrons. The second-order valence-electron chi connectivity index (χ2n) is 6.22. The Morgan fingerprint density at radius 1 is 1.41 bits per heavy atom. The number of aryl methyl sites for hydroxylation is 1. The standard InChI is InChI=1S/C16H25FN2O2S/c1-12-7-8-15(17)16(10-12)22(20,21)18-11-14(3)19-9-5-4-6-13(19)2/h7-8,10,13-14,18H,4-6,9,11H2,1-3H3/t13-,14-/m0/s1.